The smallest absolute Gasteiger partial charge is 0.328 e. The molecular formula is C53H66ClFN8O9S. The van der Waals surface area contributed by atoms with Crippen LogP contribution in [0.5, 0.6) is 0 Å². The Kier molecular flexibility index (Phi) is 18.5. The number of aliphatic hydroxyl groups is 1. The van der Waals surface area contributed by atoms with E-state index in [-0.39, 0.29) is 68.6 Å². The molecule has 3 aliphatic rings. The molecule has 7 atom stereocenters. The summed E-state index contributed by atoms with van der Waals surface area (Å²) < 4.78 is 20.9. The first kappa shape index (κ1) is 56.0. The molecule has 0 saturated carbocycles. The molecule has 1 saturated heterocycles. The van der Waals surface area contributed by atoms with Gasteiger partial charge >= 0.3 is 5.97 Å². The van der Waals surface area contributed by atoms with Gasteiger partial charge in [0.25, 0.3) is 0 Å². The number of thiazole rings is 1. The largest absolute Gasteiger partial charge is 0.459 e. The lowest BCUT2D eigenvalue weighted by Crippen LogP contribution is -2.57. The summed E-state index contributed by atoms with van der Waals surface area (Å²) in [5.74, 6) is -4.53. The highest BCUT2D eigenvalue weighted by atomic mass is 35.5. The molecule has 0 radical (unpaired) electrons. The number of unbranched alkanes of at least 4 members (excludes halogenated alkanes) is 1. The van der Waals surface area contributed by atoms with E-state index in [1.165, 1.54) is 21.9 Å². The van der Waals surface area contributed by atoms with E-state index in [9.17, 15) is 38.7 Å². The van der Waals surface area contributed by atoms with Crippen LogP contribution in [-0.2, 0) is 64.2 Å². The number of halogens is 2. The number of hydrogen-bond acceptors (Lipinski definition) is 12. The number of carbonyl (C=O) groups excluding carboxylic acids is 7. The van der Waals surface area contributed by atoms with Gasteiger partial charge in [-0.2, -0.15) is 0 Å². The van der Waals surface area contributed by atoms with Crippen LogP contribution in [-0.4, -0.2) is 99.3 Å². The number of likely N-dealkylation sites (tertiary alicyclic amines) is 1. The zero-order valence-corrected chi connectivity index (χ0v) is 43.4. The van der Waals surface area contributed by atoms with Crippen molar-refractivity contribution in [1.29, 1.82) is 0 Å². The van der Waals surface area contributed by atoms with Gasteiger partial charge in [-0.25, -0.2) is 14.2 Å². The number of aryl methyl sites for hydroxylation is 3. The maximum absolute atomic E-state index is 15.4. The van der Waals surface area contributed by atoms with Gasteiger partial charge in [0.05, 0.1) is 40.0 Å². The Morgan fingerprint density at radius 2 is 1.67 bits per heavy atom. The van der Waals surface area contributed by atoms with Crippen LogP contribution in [0.25, 0.3) is 10.4 Å². The number of hydrogen-bond donors (Lipinski definition) is 6. The highest BCUT2D eigenvalue weighted by molar-refractivity contribution is 7.13. The molecule has 1 fully saturated rings. The van der Waals surface area contributed by atoms with E-state index >= 15 is 4.39 Å². The quantitative estimate of drug-likeness (QED) is 0.0550. The Hall–Kier alpha value is -6.28. The topological polar surface area (TPSA) is 256 Å². The third-order valence-electron chi connectivity index (χ3n) is 13.7. The zero-order valence-electron chi connectivity index (χ0n) is 41.8. The summed E-state index contributed by atoms with van der Waals surface area (Å²) in [6, 6.07) is 12.5. The van der Waals surface area contributed by atoms with Crippen molar-refractivity contribution < 1.29 is 47.8 Å². The molecule has 17 nitrogen and oxygen atoms in total. The summed E-state index contributed by atoms with van der Waals surface area (Å²) in [7, 11) is 0. The standard InChI is InChI=1S/C53H65FN8O9S.ClH/c1-29(32-15-17-34(18-16-32)46-30(2)57-28-72-46)58-48(66)41-25-37(63)26-61(41)51(69)47(53(3,4)5)60-44(65)12-7-6-9-31-13-14-36(38(54)23-31)27-71-52(70)40(21-22-43(56)64)59-49(67)42-24-35-11-8-10-33-19-20-39(55)50(68)62(42)45(33)35;/h8,10-11,13-18,23,28-29,37,39-42,47,63H,6-7,9,12,19-22,24-27,55H2,1-5H3,(H2,56,64)(H,58,66)(H,59,67)(H,60,65);1H/t29-,37+,39-,40-,41-,42-,47+;/m0./s1. The van der Waals surface area contributed by atoms with Crippen LogP contribution in [0.2, 0.25) is 0 Å². The zero-order chi connectivity index (χ0) is 52.0. The van der Waals surface area contributed by atoms with E-state index in [4.69, 9.17) is 16.2 Å². The van der Waals surface area contributed by atoms with Crippen molar-refractivity contribution in [3.63, 3.8) is 0 Å². The third kappa shape index (κ3) is 13.5. The SMILES string of the molecule is Cc1ncsc1-c1ccc([C@H](C)NC(=O)[C@@H]2C[C@@H](O)CN2C(=O)[C@@H](NC(=O)CCCCc2ccc(COC(=O)[C@H](CCC(N)=O)NC(=O)[C@@H]3Cc4cccc5c4N3C(=O)[C@@H](N)CC5)c(F)c2)C(C)(C)C)cc1.Cl. The number of benzene rings is 3. The molecule has 392 valence electrons. The van der Waals surface area contributed by atoms with E-state index in [0.29, 0.717) is 43.4 Å². The van der Waals surface area contributed by atoms with Crippen molar-refractivity contribution >= 4 is 70.8 Å². The van der Waals surface area contributed by atoms with Gasteiger partial charge in [0.15, 0.2) is 0 Å². The molecule has 8 N–H and O–H groups in total. The van der Waals surface area contributed by atoms with Crippen molar-refractivity contribution in [1.82, 2.24) is 25.8 Å². The van der Waals surface area contributed by atoms with Crippen LogP contribution in [0.4, 0.5) is 10.1 Å². The fourth-order valence-electron chi connectivity index (χ4n) is 9.64. The lowest BCUT2D eigenvalue weighted by molar-refractivity contribution is -0.149. The number of carbonyl (C=O) groups is 7. The molecule has 0 spiro atoms. The van der Waals surface area contributed by atoms with E-state index in [2.05, 4.69) is 20.9 Å². The maximum atomic E-state index is 15.4. The first-order chi connectivity index (χ1) is 34.2. The number of nitrogens with two attached hydrogens (primary N) is 2. The molecule has 4 aromatic rings. The minimum Gasteiger partial charge on any atom is -0.459 e. The van der Waals surface area contributed by atoms with Gasteiger partial charge in [0.2, 0.25) is 35.4 Å². The predicted molar refractivity (Wildman–Crippen MR) is 275 cm³/mol. The van der Waals surface area contributed by atoms with Crippen LogP contribution in [0.3, 0.4) is 0 Å². The number of nitrogens with one attached hydrogen (secondary N) is 3. The highest BCUT2D eigenvalue weighted by Crippen LogP contribution is 2.39. The van der Waals surface area contributed by atoms with Crippen molar-refractivity contribution in [2.24, 2.45) is 16.9 Å². The second kappa shape index (κ2) is 24.2. The number of ether oxygens (including phenoxy) is 1. The van der Waals surface area contributed by atoms with Crippen molar-refractivity contribution in [2.75, 3.05) is 11.4 Å². The second-order valence-corrected chi connectivity index (χ2v) is 21.0. The lowest BCUT2D eigenvalue weighted by Gasteiger charge is -2.35. The molecule has 20 heteroatoms. The van der Waals surface area contributed by atoms with E-state index < -0.39 is 89.7 Å². The maximum Gasteiger partial charge on any atom is 0.328 e. The summed E-state index contributed by atoms with van der Waals surface area (Å²) in [4.78, 5) is 102. The number of rotatable bonds is 19. The second-order valence-electron chi connectivity index (χ2n) is 20.2. The normalized spacial score (nSPS) is 19.4. The fourth-order valence-corrected chi connectivity index (χ4v) is 10.5. The number of primary amides is 1. The van der Waals surface area contributed by atoms with Crippen molar-refractivity contribution in [3.8, 4) is 10.4 Å². The fraction of sp³-hybridized carbons (Fsp3) is 0.472. The van der Waals surface area contributed by atoms with Gasteiger partial charge in [0.1, 0.15) is 36.6 Å². The number of para-hydroxylation sites is 1. The molecule has 0 aliphatic carbocycles. The average Bonchev–Trinajstić information content (AvgIpc) is 4.05. The lowest BCUT2D eigenvalue weighted by atomic mass is 9.85. The van der Waals surface area contributed by atoms with Gasteiger partial charge < -0.3 is 42.2 Å². The molecule has 3 aromatic carbocycles. The summed E-state index contributed by atoms with van der Waals surface area (Å²) in [6.07, 6.45) is 1.31. The van der Waals surface area contributed by atoms with Crippen LogP contribution >= 0.6 is 23.7 Å². The van der Waals surface area contributed by atoms with E-state index in [1.807, 2.05) is 77.1 Å². The molecule has 0 unspecified atom stereocenters. The molecular weight excluding hydrogens is 979 g/mol. The molecule has 4 heterocycles. The van der Waals surface area contributed by atoms with Gasteiger partial charge in [-0.15, -0.1) is 23.7 Å². The van der Waals surface area contributed by atoms with Crippen molar-refractivity contribution in [2.45, 2.75) is 148 Å². The molecule has 0 bridgehead atoms. The Morgan fingerprint density at radius 3 is 2.34 bits per heavy atom. The number of aliphatic hydroxyl groups excluding tert-OH is 1. The van der Waals surface area contributed by atoms with E-state index in [0.717, 1.165) is 32.8 Å². The first-order valence-electron chi connectivity index (χ1n) is 24.5. The van der Waals surface area contributed by atoms with Crippen LogP contribution in [0.1, 0.15) is 112 Å². The molecule has 7 rings (SSSR count). The minimum absolute atomic E-state index is 0. The number of nitrogens with zero attached hydrogens (tertiary/aromatic N) is 3. The first-order valence-corrected chi connectivity index (χ1v) is 25.4. The Bertz CT molecular complexity index is 2700. The number of anilines is 1. The Balaban J connectivity index is 0.00000869. The van der Waals surface area contributed by atoms with E-state index in [1.54, 1.807) is 22.9 Å². The Labute approximate surface area is 434 Å². The number of aromatic nitrogens is 1. The minimum atomic E-state index is -1.32. The van der Waals surface area contributed by atoms with Crippen LogP contribution < -0.4 is 32.3 Å². The summed E-state index contributed by atoms with van der Waals surface area (Å²) >= 11 is 1.55. The summed E-state index contributed by atoms with van der Waals surface area (Å²) in [5.41, 5.74) is 18.5. The van der Waals surface area contributed by atoms with Crippen molar-refractivity contribution in [3.05, 3.63) is 106 Å². The molecule has 3 aliphatic heterocycles. The highest BCUT2D eigenvalue weighted by Gasteiger charge is 2.46. The predicted octanol–water partition coefficient (Wildman–Crippen LogP) is 4.79. The van der Waals surface area contributed by atoms with Gasteiger partial charge in [-0.1, -0.05) is 75.4 Å². The summed E-state index contributed by atoms with van der Waals surface area (Å²) in [5, 5.41) is 19.2. The molecule has 73 heavy (non-hydrogen) atoms. The number of amides is 6. The third-order valence-corrected chi connectivity index (χ3v) is 14.7. The van der Waals surface area contributed by atoms with Crippen LogP contribution in [0, 0.1) is 18.2 Å². The monoisotopic (exact) mass is 1040 g/mol. The average molecular weight is 1050 g/mol. The van der Waals surface area contributed by atoms with Crippen LogP contribution in [0.15, 0.2) is 66.2 Å². The Morgan fingerprint density at radius 1 is 0.959 bits per heavy atom. The number of esters is 1. The number of β-amino-alcohol motifs (C(OH)–C–C–N with tert-alkyl or cyclic N) is 1. The van der Waals surface area contributed by atoms with Gasteiger partial charge in [0, 0.05) is 37.8 Å². The van der Waals surface area contributed by atoms with Gasteiger partial charge in [-0.05, 0) is 91.7 Å². The molecule has 1 aromatic heterocycles. The molecule has 6 amide bonds. The van der Waals surface area contributed by atoms with Gasteiger partial charge in [-0.3, -0.25) is 33.7 Å². The summed E-state index contributed by atoms with van der Waals surface area (Å²) in [6.45, 7) is 8.73.